The van der Waals surface area contributed by atoms with Gasteiger partial charge in [0.1, 0.15) is 0 Å². The van der Waals surface area contributed by atoms with E-state index in [1.807, 2.05) is 0 Å². The number of hydrogen-bond acceptors (Lipinski definition) is 5. The molecule has 0 saturated heterocycles. The number of hydrogen-bond donors (Lipinski definition) is 3. The Balaban J connectivity index is 1.90. The molecule has 0 radical (unpaired) electrons. The van der Waals surface area contributed by atoms with Crippen LogP contribution in [0.15, 0.2) is 29.3 Å². The molecule has 0 bridgehead atoms. The maximum absolute atomic E-state index is 14.7. The second-order valence-corrected chi connectivity index (χ2v) is 7.79. The van der Waals surface area contributed by atoms with Gasteiger partial charge in [-0.1, -0.05) is 0 Å². The number of carbonyl (C=O) groups is 1. The summed E-state index contributed by atoms with van der Waals surface area (Å²) in [5.74, 6) is -2.09. The monoisotopic (exact) mass is 395 g/mol. The molecule has 11 heteroatoms. The van der Waals surface area contributed by atoms with E-state index in [-0.39, 0.29) is 29.2 Å². The summed E-state index contributed by atoms with van der Waals surface area (Å²) < 4.78 is 44.2. The third-order valence-electron chi connectivity index (χ3n) is 4.02. The molecule has 3 rings (SSSR count). The van der Waals surface area contributed by atoms with Gasteiger partial charge >= 0.3 is 10.2 Å². The molecule has 27 heavy (non-hydrogen) atoms. The van der Waals surface area contributed by atoms with Crippen molar-refractivity contribution >= 4 is 21.9 Å². The second kappa shape index (κ2) is 7.08. The lowest BCUT2D eigenvalue weighted by Gasteiger charge is -2.11. The lowest BCUT2D eigenvalue weighted by atomic mass is 10.0. The highest BCUT2D eigenvalue weighted by Crippen LogP contribution is 2.22. The van der Waals surface area contributed by atoms with Crippen LogP contribution in [-0.4, -0.2) is 29.9 Å². The van der Waals surface area contributed by atoms with Crippen LogP contribution in [0.4, 0.5) is 10.2 Å². The number of rotatable bonds is 7. The molecule has 0 aromatic carbocycles. The van der Waals surface area contributed by atoms with Crippen LogP contribution in [0.5, 0.6) is 0 Å². The average molecular weight is 395 g/mol. The van der Waals surface area contributed by atoms with Crippen molar-refractivity contribution in [3.05, 3.63) is 57.4 Å². The molecule has 1 aliphatic rings. The third kappa shape index (κ3) is 4.49. The summed E-state index contributed by atoms with van der Waals surface area (Å²) in [6.07, 6.45) is 3.83. The highest BCUT2D eigenvalue weighted by atomic mass is 32.2. The Kier molecular flexibility index (Phi) is 4.98. The second-order valence-electron chi connectivity index (χ2n) is 6.34. The number of halogens is 1. The normalized spacial score (nSPS) is 14.1. The van der Waals surface area contributed by atoms with E-state index in [9.17, 15) is 22.4 Å². The molecule has 0 spiro atoms. The summed E-state index contributed by atoms with van der Waals surface area (Å²) in [5.41, 5.74) is 5.12. The van der Waals surface area contributed by atoms with Crippen LogP contribution in [-0.2, 0) is 23.7 Å². The quantitative estimate of drug-likeness (QED) is 0.607. The lowest BCUT2D eigenvalue weighted by molar-refractivity contribution is 0.0999. The smallest absolute Gasteiger partial charge is 0.300 e. The Hall–Kier alpha value is -2.79. The Bertz CT molecular complexity index is 1060. The molecule has 2 aromatic heterocycles. The zero-order valence-electron chi connectivity index (χ0n) is 14.4. The molecule has 1 amide bonds. The van der Waals surface area contributed by atoms with Gasteiger partial charge in [-0.25, -0.2) is 9.37 Å². The lowest BCUT2D eigenvalue weighted by Crippen LogP contribution is -2.32. The molecule has 0 unspecified atom stereocenters. The minimum atomic E-state index is -3.95. The number of anilines is 1. The first-order valence-corrected chi connectivity index (χ1v) is 9.57. The largest absolute Gasteiger partial charge is 0.366 e. The van der Waals surface area contributed by atoms with Gasteiger partial charge in [0.2, 0.25) is 5.91 Å². The van der Waals surface area contributed by atoms with Crippen LogP contribution in [0.25, 0.3) is 0 Å². The maximum Gasteiger partial charge on any atom is 0.300 e. The van der Waals surface area contributed by atoms with Gasteiger partial charge in [-0.05, 0) is 30.5 Å². The van der Waals surface area contributed by atoms with Crippen molar-refractivity contribution < 1.29 is 17.6 Å². The number of aryl methyl sites for hydroxylation is 1. The minimum absolute atomic E-state index is 0.0489. The van der Waals surface area contributed by atoms with Crippen LogP contribution in [0.3, 0.4) is 0 Å². The van der Waals surface area contributed by atoms with Crippen LogP contribution >= 0.6 is 0 Å². The number of amides is 1. The summed E-state index contributed by atoms with van der Waals surface area (Å²) in [7, 11) is -2.50. The van der Waals surface area contributed by atoms with Gasteiger partial charge in [0.15, 0.2) is 11.6 Å². The summed E-state index contributed by atoms with van der Waals surface area (Å²) in [6, 6.07) is 2.48. The minimum Gasteiger partial charge on any atom is -0.366 e. The van der Waals surface area contributed by atoms with Crippen molar-refractivity contribution in [1.29, 1.82) is 0 Å². The van der Waals surface area contributed by atoms with Gasteiger partial charge in [0, 0.05) is 37.5 Å². The molecule has 1 saturated carbocycles. The number of primary amides is 1. The van der Waals surface area contributed by atoms with Crippen LogP contribution in [0.2, 0.25) is 0 Å². The first kappa shape index (κ1) is 19.0. The first-order valence-electron chi connectivity index (χ1n) is 8.09. The summed E-state index contributed by atoms with van der Waals surface area (Å²) in [6.45, 7) is 0. The topological polar surface area (TPSA) is 136 Å². The molecule has 1 aliphatic carbocycles. The van der Waals surface area contributed by atoms with Crippen molar-refractivity contribution in [2.75, 3.05) is 4.72 Å². The number of carbonyl (C=O) groups excluding carboxylic acids is 1. The Labute approximate surface area is 154 Å². The van der Waals surface area contributed by atoms with Crippen molar-refractivity contribution in [3.8, 4) is 0 Å². The third-order valence-corrected chi connectivity index (χ3v) is 5.13. The number of aromatic nitrogens is 2. The first-order chi connectivity index (χ1) is 12.7. The SMILES string of the molecule is Cn1cc(C(N)=O)cc(Cc2ccnc(NS(=O)(=O)NC3CC3)c2F)c1=O. The van der Waals surface area contributed by atoms with Crippen molar-refractivity contribution in [3.63, 3.8) is 0 Å². The van der Waals surface area contributed by atoms with Gasteiger partial charge in [0.05, 0.1) is 5.56 Å². The van der Waals surface area contributed by atoms with Crippen molar-refractivity contribution in [2.45, 2.75) is 25.3 Å². The van der Waals surface area contributed by atoms with Crippen molar-refractivity contribution in [2.24, 2.45) is 12.8 Å². The van der Waals surface area contributed by atoms with E-state index >= 15 is 0 Å². The molecule has 1 fully saturated rings. The molecular weight excluding hydrogens is 377 g/mol. The van der Waals surface area contributed by atoms with E-state index in [4.69, 9.17) is 5.73 Å². The van der Waals surface area contributed by atoms with Crippen LogP contribution in [0.1, 0.15) is 34.3 Å². The molecule has 2 heterocycles. The van der Waals surface area contributed by atoms with Crippen molar-refractivity contribution in [1.82, 2.24) is 14.3 Å². The molecule has 0 atom stereocenters. The molecule has 144 valence electrons. The van der Waals surface area contributed by atoms with E-state index in [0.717, 1.165) is 12.8 Å². The molecule has 9 nitrogen and oxygen atoms in total. The van der Waals surface area contributed by atoms with E-state index in [1.54, 1.807) is 0 Å². The van der Waals surface area contributed by atoms with Gasteiger partial charge < -0.3 is 10.3 Å². The highest BCUT2D eigenvalue weighted by molar-refractivity contribution is 7.90. The van der Waals surface area contributed by atoms with E-state index in [0.29, 0.717) is 0 Å². The summed E-state index contributed by atoms with van der Waals surface area (Å²) >= 11 is 0. The number of nitrogens with two attached hydrogens (primary N) is 1. The summed E-state index contributed by atoms with van der Waals surface area (Å²) in [5, 5.41) is 0. The van der Waals surface area contributed by atoms with Gasteiger partial charge in [0.25, 0.3) is 5.56 Å². The van der Waals surface area contributed by atoms with E-state index in [1.165, 1.54) is 36.1 Å². The standard InChI is InChI=1S/C16H18FN5O4S/c1-22-8-11(14(18)23)7-10(16(22)24)6-9-4-5-19-15(13(9)17)21-27(25,26)20-12-2-3-12/h4-5,7-8,12,20H,2-3,6H2,1H3,(H2,18,23)(H,19,21). The van der Waals surface area contributed by atoms with Gasteiger partial charge in [-0.15, -0.1) is 0 Å². The number of nitrogens with zero attached hydrogens (tertiary/aromatic N) is 2. The number of pyridine rings is 2. The zero-order chi connectivity index (χ0) is 19.8. The maximum atomic E-state index is 14.7. The molecule has 0 aliphatic heterocycles. The highest BCUT2D eigenvalue weighted by Gasteiger charge is 2.28. The average Bonchev–Trinajstić information content (AvgIpc) is 3.38. The predicted octanol–water partition coefficient (Wildman–Crippen LogP) is 0.0178. The van der Waals surface area contributed by atoms with E-state index < -0.39 is 33.3 Å². The molecular formula is C16H18FN5O4S. The zero-order valence-corrected chi connectivity index (χ0v) is 15.2. The predicted molar refractivity (Wildman–Crippen MR) is 95.9 cm³/mol. The fourth-order valence-electron chi connectivity index (χ4n) is 2.52. The van der Waals surface area contributed by atoms with Crippen LogP contribution in [0, 0.1) is 5.82 Å². The van der Waals surface area contributed by atoms with Gasteiger partial charge in [-0.3, -0.25) is 14.3 Å². The van der Waals surface area contributed by atoms with Crippen LogP contribution < -0.4 is 20.7 Å². The Morgan fingerprint density at radius 1 is 1.41 bits per heavy atom. The summed E-state index contributed by atoms with van der Waals surface area (Å²) in [4.78, 5) is 27.3. The fourth-order valence-corrected chi connectivity index (χ4v) is 3.65. The molecule has 4 N–H and O–H groups in total. The number of nitrogens with one attached hydrogen (secondary N) is 2. The van der Waals surface area contributed by atoms with Gasteiger partial charge in [-0.2, -0.15) is 13.1 Å². The van der Waals surface area contributed by atoms with E-state index in [2.05, 4.69) is 14.4 Å². The Morgan fingerprint density at radius 2 is 2.11 bits per heavy atom. The molecule has 2 aromatic rings. The Morgan fingerprint density at radius 3 is 2.74 bits per heavy atom. The fraction of sp³-hybridized carbons (Fsp3) is 0.312.